The average molecular weight is 291 g/mol. The van der Waals surface area contributed by atoms with Crippen LogP contribution in [-0.2, 0) is 6.54 Å². The standard InChI is InChI=1S/C12H16F3N3O2/c1-16-11-4-3-10(18(19)20)7-9(11)8-17(2)6-5-12(13,14)15/h3-4,7,16H,5-6,8H2,1-2H3. The van der Waals surface area contributed by atoms with E-state index in [9.17, 15) is 23.3 Å². The van der Waals surface area contributed by atoms with Crippen molar-refractivity contribution in [3.05, 3.63) is 33.9 Å². The molecule has 1 aromatic carbocycles. The van der Waals surface area contributed by atoms with Gasteiger partial charge in [0.15, 0.2) is 0 Å². The van der Waals surface area contributed by atoms with Crippen molar-refractivity contribution < 1.29 is 18.1 Å². The normalized spacial score (nSPS) is 11.7. The second-order valence-corrected chi connectivity index (χ2v) is 4.45. The average Bonchev–Trinajstić information content (AvgIpc) is 2.35. The van der Waals surface area contributed by atoms with Crippen molar-refractivity contribution in [1.82, 2.24) is 4.90 Å². The fourth-order valence-corrected chi connectivity index (χ4v) is 1.76. The zero-order valence-electron chi connectivity index (χ0n) is 11.2. The maximum atomic E-state index is 12.1. The molecule has 20 heavy (non-hydrogen) atoms. The van der Waals surface area contributed by atoms with Crippen LogP contribution in [0.15, 0.2) is 18.2 Å². The van der Waals surface area contributed by atoms with E-state index in [0.717, 1.165) is 0 Å². The van der Waals surface area contributed by atoms with E-state index in [-0.39, 0.29) is 18.8 Å². The van der Waals surface area contributed by atoms with Gasteiger partial charge in [-0.3, -0.25) is 10.1 Å². The lowest BCUT2D eigenvalue weighted by atomic mass is 10.1. The first-order chi connectivity index (χ1) is 9.23. The van der Waals surface area contributed by atoms with Crippen LogP contribution in [-0.4, -0.2) is 36.6 Å². The second kappa shape index (κ2) is 6.56. The van der Waals surface area contributed by atoms with Crippen LogP contribution in [0.25, 0.3) is 0 Å². The van der Waals surface area contributed by atoms with Crippen LogP contribution in [0, 0.1) is 10.1 Å². The number of halogens is 3. The quantitative estimate of drug-likeness (QED) is 0.646. The summed E-state index contributed by atoms with van der Waals surface area (Å²) in [5, 5.41) is 13.6. The van der Waals surface area contributed by atoms with Crippen LogP contribution < -0.4 is 5.32 Å². The van der Waals surface area contributed by atoms with Crippen LogP contribution in [0.5, 0.6) is 0 Å². The van der Waals surface area contributed by atoms with Crippen LogP contribution >= 0.6 is 0 Å². The Kier molecular flexibility index (Phi) is 5.32. The van der Waals surface area contributed by atoms with E-state index in [4.69, 9.17) is 0 Å². The predicted octanol–water partition coefficient (Wildman–Crippen LogP) is 3.02. The highest BCUT2D eigenvalue weighted by molar-refractivity contribution is 5.55. The summed E-state index contributed by atoms with van der Waals surface area (Å²) in [6.45, 7) is 0.0449. The third-order valence-electron chi connectivity index (χ3n) is 2.79. The molecule has 0 saturated heterocycles. The molecule has 0 aliphatic carbocycles. The summed E-state index contributed by atoms with van der Waals surface area (Å²) in [5.41, 5.74) is 1.17. The van der Waals surface area contributed by atoms with E-state index in [1.807, 2.05) is 0 Å². The number of nitrogens with one attached hydrogen (secondary N) is 1. The molecule has 0 atom stereocenters. The van der Waals surface area contributed by atoms with Gasteiger partial charge in [-0.15, -0.1) is 0 Å². The summed E-state index contributed by atoms with van der Waals surface area (Å²) in [6, 6.07) is 4.27. The Bertz CT molecular complexity index is 478. The second-order valence-electron chi connectivity index (χ2n) is 4.45. The number of benzene rings is 1. The Labute approximate surface area is 114 Å². The number of alkyl halides is 3. The van der Waals surface area contributed by atoms with Gasteiger partial charge in [-0.25, -0.2) is 0 Å². The first kappa shape index (κ1) is 16.2. The molecular weight excluding hydrogens is 275 g/mol. The van der Waals surface area contributed by atoms with Crippen LogP contribution in [0.4, 0.5) is 24.5 Å². The molecule has 0 unspecified atom stereocenters. The molecule has 112 valence electrons. The zero-order valence-corrected chi connectivity index (χ0v) is 11.2. The Morgan fingerprint density at radius 3 is 2.55 bits per heavy atom. The number of nitro groups is 1. The molecule has 8 heteroatoms. The Balaban J connectivity index is 2.79. The minimum atomic E-state index is -4.21. The molecular formula is C12H16F3N3O2. The van der Waals surface area contributed by atoms with Crippen molar-refractivity contribution in [2.75, 3.05) is 26.0 Å². The van der Waals surface area contributed by atoms with E-state index >= 15 is 0 Å². The van der Waals surface area contributed by atoms with Gasteiger partial charge in [0.25, 0.3) is 5.69 Å². The smallest absolute Gasteiger partial charge is 0.388 e. The van der Waals surface area contributed by atoms with Gasteiger partial charge < -0.3 is 10.2 Å². The molecule has 0 radical (unpaired) electrons. The third-order valence-corrected chi connectivity index (χ3v) is 2.79. The molecule has 0 fully saturated rings. The van der Waals surface area contributed by atoms with E-state index in [1.54, 1.807) is 20.2 Å². The summed E-state index contributed by atoms with van der Waals surface area (Å²) >= 11 is 0. The van der Waals surface area contributed by atoms with Crippen molar-refractivity contribution in [3.8, 4) is 0 Å². The van der Waals surface area contributed by atoms with Crippen LogP contribution in [0.2, 0.25) is 0 Å². The van der Waals surface area contributed by atoms with Crippen molar-refractivity contribution in [2.24, 2.45) is 0 Å². The number of nitro benzene ring substituents is 1. The summed E-state index contributed by atoms with van der Waals surface area (Å²) in [5.74, 6) is 0. The van der Waals surface area contributed by atoms with Gasteiger partial charge in [0, 0.05) is 38.0 Å². The molecule has 0 saturated carbocycles. The molecule has 0 aliphatic rings. The largest absolute Gasteiger partial charge is 0.390 e. The number of nitrogens with zero attached hydrogens (tertiary/aromatic N) is 2. The summed E-state index contributed by atoms with van der Waals surface area (Å²) in [4.78, 5) is 11.7. The van der Waals surface area contributed by atoms with Crippen LogP contribution in [0.1, 0.15) is 12.0 Å². The fraction of sp³-hybridized carbons (Fsp3) is 0.500. The van der Waals surface area contributed by atoms with Crippen molar-refractivity contribution in [3.63, 3.8) is 0 Å². The minimum Gasteiger partial charge on any atom is -0.388 e. The number of hydrogen-bond acceptors (Lipinski definition) is 4. The van der Waals surface area contributed by atoms with Gasteiger partial charge in [-0.05, 0) is 18.7 Å². The minimum absolute atomic E-state index is 0.0804. The number of anilines is 1. The highest BCUT2D eigenvalue weighted by Gasteiger charge is 2.27. The van der Waals surface area contributed by atoms with Gasteiger partial charge >= 0.3 is 6.18 Å². The Morgan fingerprint density at radius 2 is 2.05 bits per heavy atom. The Morgan fingerprint density at radius 1 is 1.40 bits per heavy atom. The SMILES string of the molecule is CNc1ccc([N+](=O)[O-])cc1CN(C)CCC(F)(F)F. The van der Waals surface area contributed by atoms with Gasteiger partial charge in [0.05, 0.1) is 11.3 Å². The maximum absolute atomic E-state index is 12.1. The highest BCUT2D eigenvalue weighted by Crippen LogP contribution is 2.24. The van der Waals surface area contributed by atoms with Crippen molar-refractivity contribution >= 4 is 11.4 Å². The Hall–Kier alpha value is -1.83. The fourth-order valence-electron chi connectivity index (χ4n) is 1.76. The van der Waals surface area contributed by atoms with Crippen LogP contribution in [0.3, 0.4) is 0 Å². The summed E-state index contributed by atoms with van der Waals surface area (Å²) < 4.78 is 36.4. The number of hydrogen-bond donors (Lipinski definition) is 1. The highest BCUT2D eigenvalue weighted by atomic mass is 19.4. The molecule has 5 nitrogen and oxygen atoms in total. The molecule has 0 aromatic heterocycles. The molecule has 0 spiro atoms. The molecule has 0 heterocycles. The summed E-state index contributed by atoms with van der Waals surface area (Å²) in [6.07, 6.45) is -5.11. The van der Waals surface area contributed by atoms with E-state index < -0.39 is 17.5 Å². The summed E-state index contributed by atoms with van der Waals surface area (Å²) in [7, 11) is 3.20. The molecule has 1 N–H and O–H groups in total. The monoisotopic (exact) mass is 291 g/mol. The van der Waals surface area contributed by atoms with Gasteiger partial charge in [0.1, 0.15) is 0 Å². The zero-order chi connectivity index (χ0) is 15.3. The lowest BCUT2D eigenvalue weighted by Gasteiger charge is -2.19. The topological polar surface area (TPSA) is 58.4 Å². The number of rotatable bonds is 6. The van der Waals surface area contributed by atoms with Gasteiger partial charge in [0.2, 0.25) is 0 Å². The van der Waals surface area contributed by atoms with Gasteiger partial charge in [-0.2, -0.15) is 13.2 Å². The van der Waals surface area contributed by atoms with E-state index in [2.05, 4.69) is 5.32 Å². The van der Waals surface area contributed by atoms with E-state index in [1.165, 1.54) is 17.0 Å². The third kappa shape index (κ3) is 5.04. The van der Waals surface area contributed by atoms with Gasteiger partial charge in [-0.1, -0.05) is 0 Å². The van der Waals surface area contributed by atoms with Crippen molar-refractivity contribution in [1.29, 1.82) is 0 Å². The molecule has 0 aliphatic heterocycles. The number of non-ortho nitro benzene ring substituents is 1. The molecule has 0 amide bonds. The molecule has 1 rings (SSSR count). The van der Waals surface area contributed by atoms with Crippen molar-refractivity contribution in [2.45, 2.75) is 19.1 Å². The molecule has 1 aromatic rings. The first-order valence-corrected chi connectivity index (χ1v) is 5.93. The maximum Gasteiger partial charge on any atom is 0.390 e. The first-order valence-electron chi connectivity index (χ1n) is 5.93. The lowest BCUT2D eigenvalue weighted by Crippen LogP contribution is -2.24. The predicted molar refractivity (Wildman–Crippen MR) is 69.6 cm³/mol. The van der Waals surface area contributed by atoms with E-state index in [0.29, 0.717) is 11.3 Å². The molecule has 0 bridgehead atoms. The lowest BCUT2D eigenvalue weighted by molar-refractivity contribution is -0.384.